The number of hydrogen-bond donors (Lipinski definition) is 0. The van der Waals surface area contributed by atoms with Crippen molar-refractivity contribution in [2.75, 3.05) is 19.3 Å². The fourth-order valence-corrected chi connectivity index (χ4v) is 2.43. The molecule has 1 aliphatic rings. The second-order valence-corrected chi connectivity index (χ2v) is 5.35. The van der Waals surface area contributed by atoms with Crippen molar-refractivity contribution < 1.29 is 8.42 Å². The van der Waals surface area contributed by atoms with Crippen molar-refractivity contribution in [2.45, 2.75) is 19.8 Å². The summed E-state index contributed by atoms with van der Waals surface area (Å²) in [6.07, 6.45) is 3.45. The Balaban J connectivity index is 2.60. The molecule has 0 aromatic heterocycles. The van der Waals surface area contributed by atoms with Gasteiger partial charge in [0, 0.05) is 13.1 Å². The van der Waals surface area contributed by atoms with Crippen molar-refractivity contribution in [1.82, 2.24) is 4.31 Å². The fraction of sp³-hybridized carbons (Fsp3) is 1.00. The summed E-state index contributed by atoms with van der Waals surface area (Å²) in [5.74, 6) is 0.526. The number of hydrogen-bond acceptors (Lipinski definition) is 2. The molecule has 0 saturated carbocycles. The fourth-order valence-electron chi connectivity index (χ4n) is 1.45. The van der Waals surface area contributed by atoms with Gasteiger partial charge < -0.3 is 0 Å². The van der Waals surface area contributed by atoms with E-state index < -0.39 is 10.0 Å². The van der Waals surface area contributed by atoms with Gasteiger partial charge in [-0.1, -0.05) is 6.92 Å². The van der Waals surface area contributed by atoms with Gasteiger partial charge in [0.05, 0.1) is 6.26 Å². The molecule has 1 rings (SSSR count). The lowest BCUT2D eigenvalue weighted by Gasteiger charge is -2.28. The van der Waals surface area contributed by atoms with E-state index in [-0.39, 0.29) is 0 Å². The Morgan fingerprint density at radius 1 is 1.45 bits per heavy atom. The lowest BCUT2D eigenvalue weighted by molar-refractivity contribution is 0.283. The van der Waals surface area contributed by atoms with Crippen LogP contribution in [-0.4, -0.2) is 32.1 Å². The number of sulfonamides is 1. The Bertz CT molecular complexity index is 223. The van der Waals surface area contributed by atoms with Crippen LogP contribution in [0, 0.1) is 5.92 Å². The molecule has 0 spiro atoms. The van der Waals surface area contributed by atoms with Gasteiger partial charge in [-0.05, 0) is 18.8 Å². The zero-order valence-electron chi connectivity index (χ0n) is 7.08. The maximum atomic E-state index is 11.1. The van der Waals surface area contributed by atoms with Crippen molar-refractivity contribution in [3.8, 4) is 0 Å². The van der Waals surface area contributed by atoms with Crippen LogP contribution < -0.4 is 0 Å². The summed E-state index contributed by atoms with van der Waals surface area (Å²) < 4.78 is 23.7. The third-order valence-electron chi connectivity index (χ3n) is 2.09. The normalized spacial score (nSPS) is 28.7. The zero-order valence-corrected chi connectivity index (χ0v) is 7.89. The monoisotopic (exact) mass is 177 g/mol. The highest BCUT2D eigenvalue weighted by atomic mass is 32.2. The van der Waals surface area contributed by atoms with Crippen molar-refractivity contribution in [3.05, 3.63) is 0 Å². The molecule has 0 aromatic carbocycles. The Hall–Kier alpha value is -0.0900. The van der Waals surface area contributed by atoms with Crippen LogP contribution in [0.2, 0.25) is 0 Å². The largest absolute Gasteiger partial charge is 0.213 e. The number of nitrogens with zero attached hydrogens (tertiary/aromatic N) is 1. The zero-order chi connectivity index (χ0) is 8.48. The highest BCUT2D eigenvalue weighted by molar-refractivity contribution is 7.88. The van der Waals surface area contributed by atoms with Crippen LogP contribution in [-0.2, 0) is 10.0 Å². The standard InChI is InChI=1S/C7H15NO2S/c1-7-4-3-5-8(6-7)11(2,9)10/h7H,3-6H2,1-2H3/t7-/m0/s1. The van der Waals surface area contributed by atoms with Crippen molar-refractivity contribution in [2.24, 2.45) is 5.92 Å². The van der Waals surface area contributed by atoms with Gasteiger partial charge in [0.15, 0.2) is 0 Å². The summed E-state index contributed by atoms with van der Waals surface area (Å²) in [5, 5.41) is 0. The molecule has 0 aromatic rings. The van der Waals surface area contributed by atoms with Crippen LogP contribution in [0.1, 0.15) is 19.8 Å². The SMILES string of the molecule is C[C@H]1CCCN(S(C)(=O)=O)C1. The van der Waals surface area contributed by atoms with Crippen molar-refractivity contribution >= 4 is 10.0 Å². The predicted octanol–water partition coefficient (Wildman–Crippen LogP) is 0.678. The molecule has 0 aliphatic carbocycles. The van der Waals surface area contributed by atoms with E-state index in [1.165, 1.54) is 6.26 Å². The van der Waals surface area contributed by atoms with E-state index in [4.69, 9.17) is 0 Å². The van der Waals surface area contributed by atoms with E-state index in [0.717, 1.165) is 12.8 Å². The molecule has 1 aliphatic heterocycles. The van der Waals surface area contributed by atoms with E-state index in [1.54, 1.807) is 4.31 Å². The Kier molecular flexibility index (Phi) is 2.54. The summed E-state index contributed by atoms with van der Waals surface area (Å²) in [6.45, 7) is 3.51. The summed E-state index contributed by atoms with van der Waals surface area (Å²) in [6, 6.07) is 0. The summed E-state index contributed by atoms with van der Waals surface area (Å²) in [4.78, 5) is 0. The predicted molar refractivity (Wildman–Crippen MR) is 44.8 cm³/mol. The first kappa shape index (κ1) is 9.00. The molecule has 1 saturated heterocycles. The van der Waals surface area contributed by atoms with E-state index in [0.29, 0.717) is 19.0 Å². The van der Waals surface area contributed by atoms with Crippen LogP contribution in [0.15, 0.2) is 0 Å². The van der Waals surface area contributed by atoms with E-state index in [1.807, 2.05) is 0 Å². The smallest absolute Gasteiger partial charge is 0.211 e. The van der Waals surface area contributed by atoms with E-state index in [2.05, 4.69) is 6.92 Å². The molecule has 66 valence electrons. The maximum absolute atomic E-state index is 11.1. The van der Waals surface area contributed by atoms with Gasteiger partial charge in [0.1, 0.15) is 0 Å². The number of piperidine rings is 1. The first-order valence-corrected chi connectivity index (χ1v) is 5.80. The molecular weight excluding hydrogens is 162 g/mol. The second kappa shape index (κ2) is 3.11. The molecule has 3 nitrogen and oxygen atoms in total. The molecule has 0 amide bonds. The molecule has 11 heavy (non-hydrogen) atoms. The Morgan fingerprint density at radius 2 is 2.09 bits per heavy atom. The van der Waals surface area contributed by atoms with Gasteiger partial charge in [0.2, 0.25) is 10.0 Å². The van der Waals surface area contributed by atoms with Crippen LogP contribution >= 0.6 is 0 Å². The average Bonchev–Trinajstić information content (AvgIpc) is 1.86. The quantitative estimate of drug-likeness (QED) is 0.590. The summed E-state index contributed by atoms with van der Waals surface area (Å²) >= 11 is 0. The first-order valence-electron chi connectivity index (χ1n) is 3.95. The molecule has 1 fully saturated rings. The molecule has 0 bridgehead atoms. The second-order valence-electron chi connectivity index (χ2n) is 3.37. The first-order chi connectivity index (χ1) is 5.00. The lowest BCUT2D eigenvalue weighted by Crippen LogP contribution is -2.38. The van der Waals surface area contributed by atoms with E-state index in [9.17, 15) is 8.42 Å². The molecule has 1 atom stereocenters. The van der Waals surface area contributed by atoms with Crippen molar-refractivity contribution in [1.29, 1.82) is 0 Å². The third-order valence-corrected chi connectivity index (χ3v) is 3.36. The minimum Gasteiger partial charge on any atom is -0.213 e. The number of rotatable bonds is 1. The van der Waals surface area contributed by atoms with Crippen molar-refractivity contribution in [3.63, 3.8) is 0 Å². The van der Waals surface area contributed by atoms with Crippen LogP contribution in [0.4, 0.5) is 0 Å². The van der Waals surface area contributed by atoms with Gasteiger partial charge in [-0.15, -0.1) is 0 Å². The molecular formula is C7H15NO2S. The van der Waals surface area contributed by atoms with Crippen LogP contribution in [0.3, 0.4) is 0 Å². The molecule has 1 heterocycles. The molecule has 0 N–H and O–H groups in total. The molecule has 0 radical (unpaired) electrons. The Labute approximate surface area is 68.4 Å². The average molecular weight is 177 g/mol. The summed E-state index contributed by atoms with van der Waals surface area (Å²) in [5.41, 5.74) is 0. The summed E-state index contributed by atoms with van der Waals surface area (Å²) in [7, 11) is -2.93. The minimum atomic E-state index is -2.93. The molecule has 0 unspecified atom stereocenters. The van der Waals surface area contributed by atoms with Gasteiger partial charge in [-0.25, -0.2) is 12.7 Å². The van der Waals surface area contributed by atoms with Gasteiger partial charge in [0.25, 0.3) is 0 Å². The highest BCUT2D eigenvalue weighted by Crippen LogP contribution is 2.17. The maximum Gasteiger partial charge on any atom is 0.211 e. The van der Waals surface area contributed by atoms with Gasteiger partial charge in [-0.2, -0.15) is 0 Å². The van der Waals surface area contributed by atoms with Gasteiger partial charge >= 0.3 is 0 Å². The lowest BCUT2D eigenvalue weighted by atomic mass is 10.0. The third kappa shape index (κ3) is 2.45. The highest BCUT2D eigenvalue weighted by Gasteiger charge is 2.22. The van der Waals surface area contributed by atoms with Crippen LogP contribution in [0.5, 0.6) is 0 Å². The van der Waals surface area contributed by atoms with E-state index >= 15 is 0 Å². The Morgan fingerprint density at radius 3 is 2.45 bits per heavy atom. The van der Waals surface area contributed by atoms with Crippen LogP contribution in [0.25, 0.3) is 0 Å². The van der Waals surface area contributed by atoms with Gasteiger partial charge in [-0.3, -0.25) is 0 Å². The minimum absolute atomic E-state index is 0.526. The topological polar surface area (TPSA) is 37.4 Å². The molecule has 4 heteroatoms.